The van der Waals surface area contributed by atoms with Crippen LogP contribution in [-0.2, 0) is 0 Å². The van der Waals surface area contributed by atoms with E-state index in [0.29, 0.717) is 5.89 Å². The van der Waals surface area contributed by atoms with E-state index in [1.807, 2.05) is 60.7 Å². The van der Waals surface area contributed by atoms with Gasteiger partial charge in [-0.05, 0) is 12.1 Å². The first-order chi connectivity index (χ1) is 8.43. The summed E-state index contributed by atoms with van der Waals surface area (Å²) in [5, 5.41) is 0. The van der Waals surface area contributed by atoms with E-state index in [1.165, 1.54) is 0 Å². The molecule has 82 valence electrons. The van der Waals surface area contributed by atoms with Gasteiger partial charge in [-0.3, -0.25) is 0 Å². The Morgan fingerprint density at radius 2 is 1.29 bits per heavy atom. The molecule has 0 spiro atoms. The van der Waals surface area contributed by atoms with Crippen LogP contribution < -0.4 is 0 Å². The quantitative estimate of drug-likeness (QED) is 0.653. The van der Waals surface area contributed by atoms with Gasteiger partial charge in [-0.15, -0.1) is 0 Å². The lowest BCUT2D eigenvalue weighted by Crippen LogP contribution is -1.73. The summed E-state index contributed by atoms with van der Waals surface area (Å²) >= 11 is 0. The highest BCUT2D eigenvalue weighted by molar-refractivity contribution is 5.60. The van der Waals surface area contributed by atoms with E-state index in [2.05, 4.69) is 4.98 Å². The number of hydrogen-bond donors (Lipinski definition) is 0. The van der Waals surface area contributed by atoms with Crippen molar-refractivity contribution in [2.24, 2.45) is 0 Å². The molecular weight excluding hydrogens is 210 g/mol. The molecule has 0 amide bonds. The molecule has 3 aromatic rings. The van der Waals surface area contributed by atoms with Crippen LogP contribution in [0.2, 0.25) is 0 Å². The number of hydrogen-bond acceptors (Lipinski definition) is 2. The largest absolute Gasteiger partial charge is 0.436 e. The van der Waals surface area contributed by atoms with E-state index in [9.17, 15) is 0 Å². The fraction of sp³-hybridized carbons (Fsp3) is 0. The van der Waals surface area contributed by atoms with Crippen LogP contribution in [0.3, 0.4) is 0 Å². The molecule has 3 rings (SSSR count). The van der Waals surface area contributed by atoms with Crippen LogP contribution in [-0.4, -0.2) is 4.98 Å². The van der Waals surface area contributed by atoms with E-state index in [0.717, 1.165) is 16.9 Å². The Balaban J connectivity index is 1.99. The second-order valence-electron chi connectivity index (χ2n) is 3.76. The average molecular weight is 221 g/mol. The molecule has 0 fully saturated rings. The third kappa shape index (κ3) is 1.97. The lowest BCUT2D eigenvalue weighted by Gasteiger charge is -1.95. The van der Waals surface area contributed by atoms with Crippen LogP contribution in [0.5, 0.6) is 0 Å². The predicted molar refractivity (Wildman–Crippen MR) is 67.4 cm³/mol. The van der Waals surface area contributed by atoms with Gasteiger partial charge in [0, 0.05) is 11.1 Å². The van der Waals surface area contributed by atoms with Crippen LogP contribution in [0, 0.1) is 0 Å². The molecule has 0 aliphatic heterocycles. The van der Waals surface area contributed by atoms with Crippen molar-refractivity contribution in [2.45, 2.75) is 0 Å². The Morgan fingerprint density at radius 3 is 1.94 bits per heavy atom. The number of oxazole rings is 1. The number of rotatable bonds is 2. The Kier molecular flexibility index (Phi) is 2.47. The maximum absolute atomic E-state index is 5.74. The molecule has 0 aliphatic rings. The first-order valence-electron chi connectivity index (χ1n) is 5.50. The van der Waals surface area contributed by atoms with Gasteiger partial charge in [0.2, 0.25) is 5.89 Å². The molecule has 1 aromatic heterocycles. The molecule has 0 atom stereocenters. The Hall–Kier alpha value is -2.35. The highest BCUT2D eigenvalue weighted by Crippen LogP contribution is 2.25. The summed E-state index contributed by atoms with van der Waals surface area (Å²) in [6, 6.07) is 19.9. The molecule has 0 N–H and O–H groups in total. The fourth-order valence-electron chi connectivity index (χ4n) is 1.72. The Morgan fingerprint density at radius 1 is 0.706 bits per heavy atom. The van der Waals surface area contributed by atoms with Crippen LogP contribution in [0.1, 0.15) is 0 Å². The molecule has 1 heterocycles. The van der Waals surface area contributed by atoms with Crippen LogP contribution in [0.4, 0.5) is 0 Å². The zero-order chi connectivity index (χ0) is 11.5. The van der Waals surface area contributed by atoms with Crippen molar-refractivity contribution >= 4 is 0 Å². The monoisotopic (exact) mass is 221 g/mol. The van der Waals surface area contributed by atoms with E-state index in [-0.39, 0.29) is 0 Å². The van der Waals surface area contributed by atoms with E-state index >= 15 is 0 Å². The third-order valence-electron chi connectivity index (χ3n) is 2.58. The van der Waals surface area contributed by atoms with Crippen molar-refractivity contribution in [1.29, 1.82) is 0 Å². The molecule has 2 aromatic carbocycles. The molecule has 0 bridgehead atoms. The standard InChI is InChI=1S/C15H11NO/c1-3-7-12(8-4-1)14-11-16-15(17-14)13-9-5-2-6-10-13/h1-11H. The highest BCUT2D eigenvalue weighted by atomic mass is 16.4. The van der Waals surface area contributed by atoms with E-state index in [1.54, 1.807) is 6.20 Å². The van der Waals surface area contributed by atoms with Gasteiger partial charge in [0.05, 0.1) is 6.20 Å². The molecule has 0 unspecified atom stereocenters. The predicted octanol–water partition coefficient (Wildman–Crippen LogP) is 4.01. The molecule has 0 radical (unpaired) electrons. The topological polar surface area (TPSA) is 26.0 Å². The van der Waals surface area contributed by atoms with Crippen molar-refractivity contribution in [2.75, 3.05) is 0 Å². The van der Waals surface area contributed by atoms with Gasteiger partial charge in [0.15, 0.2) is 5.76 Å². The van der Waals surface area contributed by atoms with Crippen molar-refractivity contribution in [3.63, 3.8) is 0 Å². The summed E-state index contributed by atoms with van der Waals surface area (Å²) in [4.78, 5) is 4.30. The van der Waals surface area contributed by atoms with Crippen LogP contribution in [0.15, 0.2) is 71.3 Å². The minimum Gasteiger partial charge on any atom is -0.436 e. The number of aromatic nitrogens is 1. The maximum Gasteiger partial charge on any atom is 0.226 e. The van der Waals surface area contributed by atoms with Crippen molar-refractivity contribution in [3.05, 3.63) is 66.9 Å². The average Bonchev–Trinajstić information content (AvgIpc) is 2.90. The first kappa shape index (κ1) is 9.85. The Labute approximate surface area is 99.6 Å². The van der Waals surface area contributed by atoms with Gasteiger partial charge in [0.25, 0.3) is 0 Å². The Bertz CT molecular complexity index is 545. The first-order valence-corrected chi connectivity index (χ1v) is 5.50. The lowest BCUT2D eigenvalue weighted by molar-refractivity contribution is 0.589. The van der Waals surface area contributed by atoms with Gasteiger partial charge in [-0.25, -0.2) is 4.98 Å². The molecule has 0 aliphatic carbocycles. The normalized spacial score (nSPS) is 10.4. The summed E-state index contributed by atoms with van der Waals surface area (Å²) in [7, 11) is 0. The lowest BCUT2D eigenvalue weighted by atomic mass is 10.2. The molecular formula is C15H11NO. The van der Waals surface area contributed by atoms with Gasteiger partial charge in [0.1, 0.15) is 0 Å². The molecule has 2 nitrogen and oxygen atoms in total. The van der Waals surface area contributed by atoms with Gasteiger partial charge < -0.3 is 4.42 Å². The van der Waals surface area contributed by atoms with Gasteiger partial charge in [-0.1, -0.05) is 48.5 Å². The summed E-state index contributed by atoms with van der Waals surface area (Å²) in [6.45, 7) is 0. The third-order valence-corrected chi connectivity index (χ3v) is 2.58. The van der Waals surface area contributed by atoms with Crippen LogP contribution in [0.25, 0.3) is 22.8 Å². The van der Waals surface area contributed by atoms with Crippen molar-refractivity contribution in [1.82, 2.24) is 4.98 Å². The fourth-order valence-corrected chi connectivity index (χ4v) is 1.72. The summed E-state index contributed by atoms with van der Waals surface area (Å²) < 4.78 is 5.74. The second kappa shape index (κ2) is 4.26. The number of nitrogens with zero attached hydrogens (tertiary/aromatic N) is 1. The second-order valence-corrected chi connectivity index (χ2v) is 3.76. The number of benzene rings is 2. The molecule has 2 heteroatoms. The maximum atomic E-state index is 5.74. The van der Waals surface area contributed by atoms with E-state index in [4.69, 9.17) is 4.42 Å². The van der Waals surface area contributed by atoms with Crippen molar-refractivity contribution in [3.8, 4) is 22.8 Å². The minimum atomic E-state index is 0.657. The van der Waals surface area contributed by atoms with Gasteiger partial charge >= 0.3 is 0 Å². The molecule has 17 heavy (non-hydrogen) atoms. The molecule has 0 saturated carbocycles. The van der Waals surface area contributed by atoms with Gasteiger partial charge in [-0.2, -0.15) is 0 Å². The summed E-state index contributed by atoms with van der Waals surface area (Å²) in [5.74, 6) is 1.45. The SMILES string of the molecule is c1ccc(-c2cnc(-c3ccccc3)o2)cc1. The highest BCUT2D eigenvalue weighted by Gasteiger charge is 2.06. The summed E-state index contributed by atoms with van der Waals surface area (Å²) in [5.41, 5.74) is 2.04. The smallest absolute Gasteiger partial charge is 0.226 e. The van der Waals surface area contributed by atoms with Crippen molar-refractivity contribution < 1.29 is 4.42 Å². The zero-order valence-corrected chi connectivity index (χ0v) is 9.21. The van der Waals surface area contributed by atoms with E-state index < -0.39 is 0 Å². The summed E-state index contributed by atoms with van der Waals surface area (Å²) in [6.07, 6.45) is 1.76. The zero-order valence-electron chi connectivity index (χ0n) is 9.21. The molecule has 0 saturated heterocycles. The van der Waals surface area contributed by atoms with Crippen LogP contribution >= 0.6 is 0 Å². The minimum absolute atomic E-state index is 0.657.